The lowest BCUT2D eigenvalue weighted by atomic mass is 9.98. The van der Waals surface area contributed by atoms with Gasteiger partial charge in [0.25, 0.3) is 5.91 Å². The Morgan fingerprint density at radius 3 is 2.38 bits per heavy atom. The van der Waals surface area contributed by atoms with E-state index in [0.717, 1.165) is 24.0 Å². The van der Waals surface area contributed by atoms with Crippen LogP contribution in [0.1, 0.15) is 70.4 Å². The lowest BCUT2D eigenvalue weighted by Crippen LogP contribution is -2.49. The SMILES string of the molecule is CC1=NC(NC(=O)CCCCN)C(=O)N(C(=O)CCCCN)c2ccc(CC(C)C)cc21. The van der Waals surface area contributed by atoms with Crippen molar-refractivity contribution in [3.05, 3.63) is 29.3 Å². The largest absolute Gasteiger partial charge is 0.330 e. The molecule has 1 aliphatic heterocycles. The summed E-state index contributed by atoms with van der Waals surface area (Å²) in [6.45, 7) is 7.08. The topological polar surface area (TPSA) is 131 Å². The number of hydrogen-bond donors (Lipinski definition) is 3. The molecule has 0 bridgehead atoms. The number of unbranched alkanes of at least 4 members (excludes halogenated alkanes) is 2. The minimum absolute atomic E-state index is 0.201. The summed E-state index contributed by atoms with van der Waals surface area (Å²) in [4.78, 5) is 44.6. The van der Waals surface area contributed by atoms with E-state index in [2.05, 4.69) is 24.2 Å². The lowest BCUT2D eigenvalue weighted by Gasteiger charge is -2.24. The highest BCUT2D eigenvalue weighted by Gasteiger charge is 2.35. The van der Waals surface area contributed by atoms with Gasteiger partial charge in [-0.1, -0.05) is 19.9 Å². The van der Waals surface area contributed by atoms with Gasteiger partial charge in [0.1, 0.15) is 0 Å². The Balaban J connectivity index is 2.39. The number of nitrogens with zero attached hydrogens (tertiary/aromatic N) is 2. The van der Waals surface area contributed by atoms with Gasteiger partial charge in [0.05, 0.1) is 5.69 Å². The molecule has 1 heterocycles. The molecule has 1 aromatic carbocycles. The number of fused-ring (bicyclic) bond motifs is 1. The Morgan fingerprint density at radius 1 is 1.09 bits per heavy atom. The molecule has 0 fully saturated rings. The van der Waals surface area contributed by atoms with E-state index in [1.165, 1.54) is 4.90 Å². The molecular weight excluding hydrogens is 406 g/mol. The zero-order valence-electron chi connectivity index (χ0n) is 19.5. The molecule has 0 radical (unpaired) electrons. The number of nitrogens with one attached hydrogen (secondary N) is 1. The van der Waals surface area contributed by atoms with Gasteiger partial charge in [0.2, 0.25) is 18.0 Å². The lowest BCUT2D eigenvalue weighted by molar-refractivity contribution is -0.131. The van der Waals surface area contributed by atoms with Crippen LogP contribution in [0.15, 0.2) is 23.2 Å². The van der Waals surface area contributed by atoms with Crippen molar-refractivity contribution in [3.8, 4) is 0 Å². The van der Waals surface area contributed by atoms with Gasteiger partial charge in [0, 0.05) is 24.1 Å². The molecule has 176 valence electrons. The van der Waals surface area contributed by atoms with Crippen LogP contribution in [0.2, 0.25) is 0 Å². The van der Waals surface area contributed by atoms with Crippen molar-refractivity contribution in [1.82, 2.24) is 5.32 Å². The molecule has 8 heteroatoms. The number of carbonyl (C=O) groups excluding carboxylic acids is 3. The molecule has 8 nitrogen and oxygen atoms in total. The van der Waals surface area contributed by atoms with E-state index in [1.807, 2.05) is 18.2 Å². The minimum Gasteiger partial charge on any atom is -0.330 e. The molecule has 3 amide bonds. The molecular formula is C24H37N5O3. The molecule has 1 aliphatic rings. The van der Waals surface area contributed by atoms with Gasteiger partial charge in [-0.2, -0.15) is 0 Å². The number of benzene rings is 1. The minimum atomic E-state index is -1.14. The van der Waals surface area contributed by atoms with E-state index in [1.54, 1.807) is 6.92 Å². The van der Waals surface area contributed by atoms with Gasteiger partial charge in [-0.15, -0.1) is 0 Å². The van der Waals surface area contributed by atoms with Crippen LogP contribution >= 0.6 is 0 Å². The predicted molar refractivity (Wildman–Crippen MR) is 127 cm³/mol. The van der Waals surface area contributed by atoms with Gasteiger partial charge in [0.15, 0.2) is 0 Å². The molecule has 0 aromatic heterocycles. The van der Waals surface area contributed by atoms with E-state index in [0.29, 0.717) is 49.7 Å². The van der Waals surface area contributed by atoms with Gasteiger partial charge in [-0.05, 0) is 75.7 Å². The average molecular weight is 444 g/mol. The van der Waals surface area contributed by atoms with Gasteiger partial charge in [-0.25, -0.2) is 4.90 Å². The van der Waals surface area contributed by atoms with Crippen molar-refractivity contribution in [3.63, 3.8) is 0 Å². The highest BCUT2D eigenvalue weighted by Crippen LogP contribution is 2.29. The summed E-state index contributed by atoms with van der Waals surface area (Å²) in [5.74, 6) is -0.666. The van der Waals surface area contributed by atoms with Crippen molar-refractivity contribution >= 4 is 29.1 Å². The van der Waals surface area contributed by atoms with E-state index in [-0.39, 0.29) is 24.7 Å². The maximum atomic E-state index is 13.4. The van der Waals surface area contributed by atoms with Crippen LogP contribution in [0.25, 0.3) is 0 Å². The molecule has 0 spiro atoms. The van der Waals surface area contributed by atoms with Crippen molar-refractivity contribution < 1.29 is 14.4 Å². The molecule has 0 saturated carbocycles. The molecule has 5 N–H and O–H groups in total. The van der Waals surface area contributed by atoms with Crippen LogP contribution in [0.3, 0.4) is 0 Å². The summed E-state index contributed by atoms with van der Waals surface area (Å²) in [7, 11) is 0. The Hall–Kier alpha value is -2.58. The number of anilines is 1. The second-order valence-electron chi connectivity index (χ2n) is 8.69. The quantitative estimate of drug-likeness (QED) is 0.452. The van der Waals surface area contributed by atoms with Crippen LogP contribution in [-0.2, 0) is 20.8 Å². The zero-order chi connectivity index (χ0) is 23.7. The number of hydrogen-bond acceptors (Lipinski definition) is 6. The molecule has 0 saturated heterocycles. The zero-order valence-corrected chi connectivity index (χ0v) is 19.5. The van der Waals surface area contributed by atoms with E-state index < -0.39 is 12.1 Å². The highest BCUT2D eigenvalue weighted by molar-refractivity contribution is 6.22. The summed E-state index contributed by atoms with van der Waals surface area (Å²) in [6, 6.07) is 5.76. The highest BCUT2D eigenvalue weighted by atomic mass is 16.2. The van der Waals surface area contributed by atoms with E-state index in [4.69, 9.17) is 11.5 Å². The number of carbonyl (C=O) groups is 3. The number of rotatable bonds is 11. The van der Waals surface area contributed by atoms with Gasteiger partial charge >= 0.3 is 0 Å². The second-order valence-corrected chi connectivity index (χ2v) is 8.69. The summed E-state index contributed by atoms with van der Waals surface area (Å²) in [6.07, 6.45) is 2.84. The Morgan fingerprint density at radius 2 is 1.75 bits per heavy atom. The van der Waals surface area contributed by atoms with Crippen LogP contribution in [0.4, 0.5) is 5.69 Å². The van der Waals surface area contributed by atoms with Gasteiger partial charge in [-0.3, -0.25) is 19.4 Å². The maximum Gasteiger partial charge on any atom is 0.279 e. The Labute approximate surface area is 190 Å². The van der Waals surface area contributed by atoms with Crippen LogP contribution < -0.4 is 21.7 Å². The van der Waals surface area contributed by atoms with Crippen molar-refractivity contribution in [2.75, 3.05) is 18.0 Å². The first-order chi connectivity index (χ1) is 15.3. The summed E-state index contributed by atoms with van der Waals surface area (Å²) < 4.78 is 0. The molecule has 32 heavy (non-hydrogen) atoms. The number of nitrogens with two attached hydrogens (primary N) is 2. The average Bonchev–Trinajstić information content (AvgIpc) is 2.83. The predicted octanol–water partition coefficient (Wildman–Crippen LogP) is 2.27. The third-order valence-corrected chi connectivity index (χ3v) is 5.36. The normalized spacial score (nSPS) is 15.9. The van der Waals surface area contributed by atoms with Crippen LogP contribution in [-0.4, -0.2) is 42.7 Å². The first-order valence-corrected chi connectivity index (χ1v) is 11.5. The number of amides is 3. The monoisotopic (exact) mass is 443 g/mol. The van der Waals surface area contributed by atoms with Crippen LogP contribution in [0, 0.1) is 5.92 Å². The fourth-order valence-corrected chi connectivity index (χ4v) is 3.76. The second kappa shape index (κ2) is 12.5. The van der Waals surface area contributed by atoms with Crippen LogP contribution in [0.5, 0.6) is 0 Å². The first kappa shape index (κ1) is 25.7. The molecule has 1 unspecified atom stereocenters. The smallest absolute Gasteiger partial charge is 0.279 e. The van der Waals surface area contributed by atoms with Crippen molar-refractivity contribution in [2.45, 2.75) is 71.9 Å². The number of benzodiazepines with no additional fused rings is 1. The third-order valence-electron chi connectivity index (χ3n) is 5.36. The Kier molecular flexibility index (Phi) is 9.99. The van der Waals surface area contributed by atoms with Crippen molar-refractivity contribution in [1.29, 1.82) is 0 Å². The molecule has 1 aromatic rings. The fraction of sp³-hybridized carbons (Fsp3) is 0.583. The van der Waals surface area contributed by atoms with Gasteiger partial charge < -0.3 is 16.8 Å². The maximum absolute atomic E-state index is 13.4. The Bertz CT molecular complexity index is 850. The first-order valence-electron chi connectivity index (χ1n) is 11.5. The summed E-state index contributed by atoms with van der Waals surface area (Å²) in [5, 5.41) is 2.70. The summed E-state index contributed by atoms with van der Waals surface area (Å²) in [5.41, 5.74) is 14.0. The van der Waals surface area contributed by atoms with E-state index >= 15 is 0 Å². The standard InChI is InChI=1S/C24H37N5O3/c1-16(2)14-18-10-11-20-19(15-18)17(3)27-23(28-21(30)8-4-6-12-25)24(32)29(20)22(31)9-5-7-13-26/h10-11,15-16,23H,4-9,12-14,25-26H2,1-3H3,(H,28,30). The summed E-state index contributed by atoms with van der Waals surface area (Å²) >= 11 is 0. The van der Waals surface area contributed by atoms with E-state index in [9.17, 15) is 14.4 Å². The number of imide groups is 1. The molecule has 1 atom stereocenters. The fourth-order valence-electron chi connectivity index (χ4n) is 3.76. The molecule has 2 rings (SSSR count). The molecule has 0 aliphatic carbocycles. The van der Waals surface area contributed by atoms with Crippen molar-refractivity contribution in [2.24, 2.45) is 22.4 Å². The third kappa shape index (κ3) is 6.97. The number of aliphatic imine (C=N–C) groups is 1.